The maximum absolute atomic E-state index is 13.9. The second kappa shape index (κ2) is 9.34. The minimum Gasteiger partial charge on any atom is -0.350 e. The number of hydrogen-bond donors (Lipinski definition) is 2. The van der Waals surface area contributed by atoms with Gasteiger partial charge in [-0.25, -0.2) is 0 Å². The van der Waals surface area contributed by atoms with Crippen molar-refractivity contribution in [1.82, 2.24) is 10.6 Å². The smallest absolute Gasteiger partial charge is 0.350 e. The molecule has 0 unspecified atom stereocenters. The lowest BCUT2D eigenvalue weighted by atomic mass is 10.1. The van der Waals surface area contributed by atoms with Crippen molar-refractivity contribution >= 4 is 11.8 Å². The minimum absolute atomic E-state index is 0.192. The Morgan fingerprint density at radius 2 is 0.964 bits per heavy atom. The topological polar surface area (TPSA) is 58.2 Å². The average Bonchev–Trinajstić information content (AvgIpc) is 2.69. The number of benzene rings is 2. The van der Waals surface area contributed by atoms with Crippen LogP contribution in [0.25, 0.3) is 0 Å². The number of carbonyl (C=O) groups is 2. The van der Waals surface area contributed by atoms with Crippen LogP contribution in [0.2, 0.25) is 0 Å². The lowest BCUT2D eigenvalue weighted by Gasteiger charge is -2.24. The Balaban J connectivity index is 1.87. The summed E-state index contributed by atoms with van der Waals surface area (Å²) in [6, 6.07) is 17.2. The molecule has 0 bridgehead atoms. The Morgan fingerprint density at radius 1 is 0.643 bits per heavy atom. The molecule has 0 aliphatic rings. The van der Waals surface area contributed by atoms with Crippen molar-refractivity contribution in [3.63, 3.8) is 0 Å². The van der Waals surface area contributed by atoms with Gasteiger partial charge in [-0.2, -0.15) is 17.6 Å². The number of amides is 2. The molecule has 150 valence electrons. The van der Waals surface area contributed by atoms with Crippen LogP contribution >= 0.6 is 0 Å². The zero-order valence-electron chi connectivity index (χ0n) is 14.9. The van der Waals surface area contributed by atoms with Crippen molar-refractivity contribution in [2.75, 3.05) is 13.1 Å². The van der Waals surface area contributed by atoms with Crippen molar-refractivity contribution in [2.24, 2.45) is 0 Å². The van der Waals surface area contributed by atoms with Gasteiger partial charge in [0, 0.05) is 13.1 Å². The lowest BCUT2D eigenvalue weighted by Crippen LogP contribution is -2.59. The molecule has 2 aromatic rings. The molecule has 0 aliphatic heterocycles. The van der Waals surface area contributed by atoms with E-state index in [1.807, 2.05) is 0 Å². The van der Waals surface area contributed by atoms with E-state index in [1.165, 1.54) is 0 Å². The fourth-order valence-electron chi connectivity index (χ4n) is 2.44. The molecule has 0 aromatic heterocycles. The fourth-order valence-corrected chi connectivity index (χ4v) is 2.44. The molecule has 4 nitrogen and oxygen atoms in total. The standard InChI is InChI=1S/C20H20F4N2O2/c21-19(22,17(27)25-13-11-15-7-3-1-4-8-15)20(23,24)18(28)26-14-12-16-9-5-2-6-10-16/h1-10H,11-14H2,(H,25,27)(H,26,28). The Bertz CT molecular complexity index is 716. The van der Waals surface area contributed by atoms with Gasteiger partial charge in [-0.3, -0.25) is 9.59 Å². The maximum atomic E-state index is 13.9. The first-order valence-electron chi connectivity index (χ1n) is 8.65. The minimum atomic E-state index is -5.17. The van der Waals surface area contributed by atoms with Crippen LogP contribution in [0.5, 0.6) is 0 Å². The molecule has 28 heavy (non-hydrogen) atoms. The third-order valence-corrected chi connectivity index (χ3v) is 4.05. The predicted octanol–water partition coefficient (Wildman–Crippen LogP) is 2.97. The average molecular weight is 396 g/mol. The van der Waals surface area contributed by atoms with Gasteiger partial charge in [0.15, 0.2) is 0 Å². The Hall–Kier alpha value is -2.90. The second-order valence-corrected chi connectivity index (χ2v) is 6.13. The quantitative estimate of drug-likeness (QED) is 0.641. The molecule has 0 saturated heterocycles. The van der Waals surface area contributed by atoms with Gasteiger partial charge in [0.1, 0.15) is 0 Å². The third kappa shape index (κ3) is 5.31. The summed E-state index contributed by atoms with van der Waals surface area (Å²) >= 11 is 0. The molecule has 0 aliphatic carbocycles. The van der Waals surface area contributed by atoms with Crippen LogP contribution in [-0.4, -0.2) is 36.7 Å². The molecule has 0 atom stereocenters. The van der Waals surface area contributed by atoms with E-state index in [9.17, 15) is 27.2 Å². The molecule has 2 N–H and O–H groups in total. The van der Waals surface area contributed by atoms with Crippen molar-refractivity contribution in [1.29, 1.82) is 0 Å². The SMILES string of the molecule is O=C(NCCc1ccccc1)C(F)(F)C(F)(F)C(=O)NCCc1ccccc1. The normalized spacial score (nSPS) is 11.7. The highest BCUT2D eigenvalue weighted by Crippen LogP contribution is 2.34. The highest BCUT2D eigenvalue weighted by molar-refractivity contribution is 5.95. The van der Waals surface area contributed by atoms with Crippen LogP contribution in [-0.2, 0) is 22.4 Å². The molecule has 2 amide bonds. The molecular formula is C20H20F4N2O2. The van der Waals surface area contributed by atoms with Gasteiger partial charge in [-0.1, -0.05) is 60.7 Å². The van der Waals surface area contributed by atoms with Gasteiger partial charge < -0.3 is 10.6 Å². The lowest BCUT2D eigenvalue weighted by molar-refractivity contribution is -0.211. The van der Waals surface area contributed by atoms with Crippen LogP contribution in [0.4, 0.5) is 17.6 Å². The van der Waals surface area contributed by atoms with Gasteiger partial charge in [-0.15, -0.1) is 0 Å². The molecule has 0 spiro atoms. The maximum Gasteiger partial charge on any atom is 0.395 e. The second-order valence-electron chi connectivity index (χ2n) is 6.13. The van der Waals surface area contributed by atoms with Gasteiger partial charge in [0.2, 0.25) is 0 Å². The zero-order chi connectivity index (χ0) is 20.6. The van der Waals surface area contributed by atoms with E-state index in [1.54, 1.807) is 71.3 Å². The van der Waals surface area contributed by atoms with E-state index in [-0.39, 0.29) is 25.9 Å². The molecular weight excluding hydrogens is 376 g/mol. The number of carbonyl (C=O) groups excluding carboxylic acids is 2. The highest BCUT2D eigenvalue weighted by Gasteiger charge is 2.66. The zero-order valence-corrected chi connectivity index (χ0v) is 14.9. The Labute approximate surface area is 159 Å². The van der Waals surface area contributed by atoms with E-state index < -0.39 is 23.7 Å². The number of halogens is 4. The number of hydrogen-bond acceptors (Lipinski definition) is 2. The summed E-state index contributed by atoms with van der Waals surface area (Å²) in [6.45, 7) is -0.520. The highest BCUT2D eigenvalue weighted by atomic mass is 19.3. The van der Waals surface area contributed by atoms with Gasteiger partial charge in [0.25, 0.3) is 11.8 Å². The summed E-state index contributed by atoms with van der Waals surface area (Å²) in [7, 11) is 0. The van der Waals surface area contributed by atoms with E-state index in [2.05, 4.69) is 0 Å². The summed E-state index contributed by atoms with van der Waals surface area (Å²) in [5.74, 6) is -14.7. The van der Waals surface area contributed by atoms with E-state index in [0.717, 1.165) is 11.1 Å². The summed E-state index contributed by atoms with van der Waals surface area (Å²) in [5, 5.41) is 3.53. The van der Waals surface area contributed by atoms with Crippen LogP contribution in [0.15, 0.2) is 60.7 Å². The van der Waals surface area contributed by atoms with Gasteiger partial charge >= 0.3 is 11.8 Å². The summed E-state index contributed by atoms with van der Waals surface area (Å²) in [4.78, 5) is 23.2. The monoisotopic (exact) mass is 396 g/mol. The molecule has 0 heterocycles. The molecule has 8 heteroatoms. The molecule has 0 saturated carbocycles. The largest absolute Gasteiger partial charge is 0.395 e. The third-order valence-electron chi connectivity index (χ3n) is 4.05. The molecule has 2 aromatic carbocycles. The van der Waals surface area contributed by atoms with Crippen molar-refractivity contribution in [3.8, 4) is 0 Å². The Morgan fingerprint density at radius 3 is 1.29 bits per heavy atom. The van der Waals surface area contributed by atoms with E-state index >= 15 is 0 Å². The van der Waals surface area contributed by atoms with Crippen molar-refractivity contribution in [3.05, 3.63) is 71.8 Å². The molecule has 2 rings (SSSR count). The van der Waals surface area contributed by atoms with Gasteiger partial charge in [0.05, 0.1) is 0 Å². The van der Waals surface area contributed by atoms with E-state index in [0.29, 0.717) is 0 Å². The number of alkyl halides is 4. The van der Waals surface area contributed by atoms with Crippen LogP contribution < -0.4 is 10.6 Å². The van der Waals surface area contributed by atoms with Gasteiger partial charge in [-0.05, 0) is 24.0 Å². The number of rotatable bonds is 9. The first kappa shape index (κ1) is 21.4. The van der Waals surface area contributed by atoms with Crippen molar-refractivity contribution in [2.45, 2.75) is 24.7 Å². The van der Waals surface area contributed by atoms with E-state index in [4.69, 9.17) is 0 Å². The predicted molar refractivity (Wildman–Crippen MR) is 96.2 cm³/mol. The summed E-state index contributed by atoms with van der Waals surface area (Å²) < 4.78 is 55.6. The summed E-state index contributed by atoms with van der Waals surface area (Å²) in [5.41, 5.74) is 1.49. The Kier molecular flexibility index (Phi) is 7.14. The molecule has 0 fully saturated rings. The first-order chi connectivity index (χ1) is 13.2. The van der Waals surface area contributed by atoms with Crippen LogP contribution in [0.3, 0.4) is 0 Å². The summed E-state index contributed by atoms with van der Waals surface area (Å²) in [6.07, 6.45) is 0.384. The molecule has 0 radical (unpaired) electrons. The number of nitrogens with one attached hydrogen (secondary N) is 2. The fraction of sp³-hybridized carbons (Fsp3) is 0.300. The first-order valence-corrected chi connectivity index (χ1v) is 8.65. The van der Waals surface area contributed by atoms with Crippen LogP contribution in [0.1, 0.15) is 11.1 Å². The van der Waals surface area contributed by atoms with Crippen molar-refractivity contribution < 1.29 is 27.2 Å². The van der Waals surface area contributed by atoms with Crippen LogP contribution in [0, 0.1) is 0 Å².